The number of para-hydroxylation sites is 1. The second-order valence-corrected chi connectivity index (χ2v) is 5.73. The van der Waals surface area contributed by atoms with Crippen molar-refractivity contribution >= 4 is 22.9 Å². The van der Waals surface area contributed by atoms with Gasteiger partial charge in [0, 0.05) is 0 Å². The van der Waals surface area contributed by atoms with Gasteiger partial charge in [-0.1, -0.05) is 29.5 Å². The summed E-state index contributed by atoms with van der Waals surface area (Å²) in [5.74, 6) is -0.691. The Bertz CT molecular complexity index is 920. The Hall–Kier alpha value is -3.42. The first kappa shape index (κ1) is 17.4. The molecule has 1 aromatic heterocycles. The summed E-state index contributed by atoms with van der Waals surface area (Å²) in [5, 5.41) is 19.9. The highest BCUT2D eigenvalue weighted by atomic mass is 16.5. The van der Waals surface area contributed by atoms with E-state index in [0.29, 0.717) is 16.8 Å². The predicted octanol–water partition coefficient (Wildman–Crippen LogP) is 1.77. The molecule has 0 fully saturated rings. The third kappa shape index (κ3) is 3.97. The van der Waals surface area contributed by atoms with Gasteiger partial charge in [-0.3, -0.25) is 9.59 Å². The highest BCUT2D eigenvalue weighted by Crippen LogP contribution is 2.20. The van der Waals surface area contributed by atoms with Crippen molar-refractivity contribution in [2.75, 3.05) is 7.11 Å². The summed E-state index contributed by atoms with van der Waals surface area (Å²) in [6.45, 7) is -0.0488. The molecule has 0 unspecified atom stereocenters. The van der Waals surface area contributed by atoms with Crippen LogP contribution in [0.5, 0.6) is 5.75 Å². The number of aliphatic carboxylic acids is 1. The number of nitrogens with one attached hydrogen (secondary N) is 1. The van der Waals surface area contributed by atoms with E-state index in [0.717, 1.165) is 5.52 Å². The normalized spacial score (nSPS) is 11.9. The fourth-order valence-corrected chi connectivity index (χ4v) is 2.67. The van der Waals surface area contributed by atoms with E-state index in [-0.39, 0.29) is 18.9 Å². The monoisotopic (exact) mass is 354 g/mol. The lowest BCUT2D eigenvalue weighted by Gasteiger charge is -2.18. The summed E-state index contributed by atoms with van der Waals surface area (Å²) in [5.41, 5.74) is 2.12. The number of rotatable bonds is 7. The van der Waals surface area contributed by atoms with Gasteiger partial charge in [-0.25, -0.2) is 4.68 Å². The highest BCUT2D eigenvalue weighted by Gasteiger charge is 2.19. The van der Waals surface area contributed by atoms with Gasteiger partial charge in [0.05, 0.1) is 25.1 Å². The van der Waals surface area contributed by atoms with E-state index in [1.807, 2.05) is 18.2 Å². The molecule has 3 rings (SSSR count). The van der Waals surface area contributed by atoms with E-state index in [9.17, 15) is 9.59 Å². The first-order valence-corrected chi connectivity index (χ1v) is 8.00. The summed E-state index contributed by atoms with van der Waals surface area (Å²) in [7, 11) is 1.55. The molecule has 0 radical (unpaired) electrons. The molecule has 0 spiro atoms. The number of nitrogens with zero attached hydrogens (tertiary/aromatic N) is 3. The summed E-state index contributed by atoms with van der Waals surface area (Å²) < 4.78 is 6.58. The fourth-order valence-electron chi connectivity index (χ4n) is 2.67. The zero-order valence-electron chi connectivity index (χ0n) is 14.1. The van der Waals surface area contributed by atoms with Crippen LogP contribution < -0.4 is 10.1 Å². The Morgan fingerprint density at radius 3 is 2.62 bits per heavy atom. The quantitative estimate of drug-likeness (QED) is 0.670. The molecule has 2 N–H and O–H groups in total. The maximum atomic E-state index is 12.4. The van der Waals surface area contributed by atoms with Crippen molar-refractivity contribution in [1.29, 1.82) is 0 Å². The lowest BCUT2D eigenvalue weighted by molar-refractivity contribution is -0.137. The van der Waals surface area contributed by atoms with Gasteiger partial charge in [0.25, 0.3) is 0 Å². The van der Waals surface area contributed by atoms with Crippen molar-refractivity contribution in [3.63, 3.8) is 0 Å². The molecule has 1 atom stereocenters. The molecular weight excluding hydrogens is 336 g/mol. The van der Waals surface area contributed by atoms with Gasteiger partial charge in [0.1, 0.15) is 17.8 Å². The number of carboxylic acid groups (broad SMARTS) is 1. The van der Waals surface area contributed by atoms with Crippen LogP contribution in [0.15, 0.2) is 48.5 Å². The number of benzene rings is 2. The predicted molar refractivity (Wildman–Crippen MR) is 93.7 cm³/mol. The third-order valence-electron chi connectivity index (χ3n) is 3.95. The topological polar surface area (TPSA) is 106 Å². The van der Waals surface area contributed by atoms with Gasteiger partial charge >= 0.3 is 5.97 Å². The molecule has 8 nitrogen and oxygen atoms in total. The summed E-state index contributed by atoms with van der Waals surface area (Å²) in [4.78, 5) is 23.6. The number of fused-ring (bicyclic) bond motifs is 1. The van der Waals surface area contributed by atoms with E-state index in [1.54, 1.807) is 37.4 Å². The van der Waals surface area contributed by atoms with Gasteiger partial charge in [-0.05, 0) is 29.8 Å². The van der Waals surface area contributed by atoms with Crippen LogP contribution in [0, 0.1) is 0 Å². The standard InChI is InChI=1S/C18H18N4O4/c1-26-13-8-6-12(7-9-13)15(10-18(24)25)19-17(23)11-22-16-5-3-2-4-14(16)20-21-22/h2-9,15H,10-11H2,1H3,(H,19,23)(H,24,25)/t15-/m0/s1. The summed E-state index contributed by atoms with van der Waals surface area (Å²) in [6, 6.07) is 13.6. The van der Waals surface area contributed by atoms with E-state index in [4.69, 9.17) is 9.84 Å². The summed E-state index contributed by atoms with van der Waals surface area (Å²) in [6.07, 6.45) is -0.226. The number of carboxylic acids is 1. The van der Waals surface area contributed by atoms with Crippen molar-refractivity contribution in [2.45, 2.75) is 19.0 Å². The highest BCUT2D eigenvalue weighted by molar-refractivity contribution is 5.80. The van der Waals surface area contributed by atoms with Crippen LogP contribution >= 0.6 is 0 Å². The molecule has 3 aromatic rings. The molecule has 134 valence electrons. The minimum Gasteiger partial charge on any atom is -0.497 e. The molecule has 0 aliphatic rings. The summed E-state index contributed by atoms with van der Waals surface area (Å²) >= 11 is 0. The Balaban J connectivity index is 1.75. The largest absolute Gasteiger partial charge is 0.497 e. The Kier molecular flexibility index (Phi) is 5.12. The molecule has 0 saturated heterocycles. The Morgan fingerprint density at radius 1 is 1.19 bits per heavy atom. The minimum atomic E-state index is -1.00. The molecule has 2 aromatic carbocycles. The SMILES string of the molecule is COc1ccc([C@H](CC(=O)O)NC(=O)Cn2nnc3ccccc32)cc1. The van der Waals surface area contributed by atoms with Crippen LogP contribution in [-0.4, -0.2) is 39.1 Å². The number of aromatic nitrogens is 3. The average molecular weight is 354 g/mol. The first-order chi connectivity index (χ1) is 12.6. The van der Waals surface area contributed by atoms with E-state index < -0.39 is 12.0 Å². The third-order valence-corrected chi connectivity index (χ3v) is 3.95. The molecule has 26 heavy (non-hydrogen) atoms. The van der Waals surface area contributed by atoms with Crippen molar-refractivity contribution in [3.05, 3.63) is 54.1 Å². The van der Waals surface area contributed by atoms with Crippen molar-refractivity contribution in [2.24, 2.45) is 0 Å². The molecular formula is C18H18N4O4. The molecule has 1 heterocycles. The van der Waals surface area contributed by atoms with E-state index in [2.05, 4.69) is 15.6 Å². The van der Waals surface area contributed by atoms with Crippen LogP contribution in [0.3, 0.4) is 0 Å². The maximum Gasteiger partial charge on any atom is 0.305 e. The first-order valence-electron chi connectivity index (χ1n) is 8.00. The van der Waals surface area contributed by atoms with Crippen LogP contribution in [0.25, 0.3) is 11.0 Å². The van der Waals surface area contributed by atoms with Crippen molar-refractivity contribution in [3.8, 4) is 5.75 Å². The number of carbonyl (C=O) groups is 2. The maximum absolute atomic E-state index is 12.4. The van der Waals surface area contributed by atoms with Gasteiger partial charge < -0.3 is 15.2 Å². The molecule has 0 aliphatic heterocycles. The smallest absolute Gasteiger partial charge is 0.305 e. The zero-order chi connectivity index (χ0) is 18.5. The van der Waals surface area contributed by atoms with Gasteiger partial charge in [0.15, 0.2) is 0 Å². The van der Waals surface area contributed by atoms with Crippen LogP contribution in [0.4, 0.5) is 0 Å². The van der Waals surface area contributed by atoms with Crippen LogP contribution in [0.1, 0.15) is 18.0 Å². The van der Waals surface area contributed by atoms with Crippen molar-refractivity contribution in [1.82, 2.24) is 20.3 Å². The minimum absolute atomic E-state index is 0.0488. The fraction of sp³-hybridized carbons (Fsp3) is 0.222. The molecule has 1 amide bonds. The second kappa shape index (κ2) is 7.64. The molecule has 0 aliphatic carbocycles. The van der Waals surface area contributed by atoms with Crippen molar-refractivity contribution < 1.29 is 19.4 Å². The average Bonchev–Trinajstić information content (AvgIpc) is 3.04. The van der Waals surface area contributed by atoms with Gasteiger partial charge in [-0.15, -0.1) is 5.10 Å². The number of hydrogen-bond acceptors (Lipinski definition) is 5. The van der Waals surface area contributed by atoms with Crippen LogP contribution in [0.2, 0.25) is 0 Å². The van der Waals surface area contributed by atoms with Gasteiger partial charge in [0.2, 0.25) is 5.91 Å². The lowest BCUT2D eigenvalue weighted by atomic mass is 10.0. The number of methoxy groups -OCH3 is 1. The second-order valence-electron chi connectivity index (χ2n) is 5.73. The molecule has 0 bridgehead atoms. The number of amides is 1. The van der Waals surface area contributed by atoms with Crippen LogP contribution in [-0.2, 0) is 16.1 Å². The number of hydrogen-bond donors (Lipinski definition) is 2. The Morgan fingerprint density at radius 2 is 1.92 bits per heavy atom. The molecule has 0 saturated carbocycles. The van der Waals surface area contributed by atoms with Gasteiger partial charge in [-0.2, -0.15) is 0 Å². The lowest BCUT2D eigenvalue weighted by Crippen LogP contribution is -2.33. The van der Waals surface area contributed by atoms with E-state index in [1.165, 1.54) is 4.68 Å². The zero-order valence-corrected chi connectivity index (χ0v) is 14.1. The Labute approximate surface area is 149 Å². The molecule has 8 heteroatoms. The van der Waals surface area contributed by atoms with E-state index >= 15 is 0 Å². The number of carbonyl (C=O) groups excluding carboxylic acids is 1. The number of ether oxygens (including phenoxy) is 1.